The number of rotatable bonds is 3. The van der Waals surface area contributed by atoms with Crippen molar-refractivity contribution in [3.63, 3.8) is 0 Å². The molecule has 82 valence electrons. The molecule has 1 saturated heterocycles. The summed E-state index contributed by atoms with van der Waals surface area (Å²) < 4.78 is 7.43. The van der Waals surface area contributed by atoms with E-state index in [0.29, 0.717) is 17.1 Å². The van der Waals surface area contributed by atoms with E-state index in [1.807, 2.05) is 0 Å². The van der Waals surface area contributed by atoms with Crippen molar-refractivity contribution in [2.24, 2.45) is 5.92 Å². The molecule has 1 aromatic rings. The summed E-state index contributed by atoms with van der Waals surface area (Å²) in [5.74, 6) is 2.26. The Hall–Kier alpha value is -0.610. The van der Waals surface area contributed by atoms with Crippen molar-refractivity contribution in [2.75, 3.05) is 13.2 Å². The Morgan fingerprint density at radius 3 is 2.87 bits per heavy atom. The molecule has 1 unspecified atom stereocenters. The minimum absolute atomic E-state index is 0.531. The zero-order chi connectivity index (χ0) is 10.3. The number of ether oxygens (including phenoxy) is 1. The van der Waals surface area contributed by atoms with Crippen molar-refractivity contribution >= 4 is 11.6 Å². The Bertz CT molecular complexity index is 356. The number of hydrogen-bond donors (Lipinski definition) is 0. The zero-order valence-electron chi connectivity index (χ0n) is 8.53. The summed E-state index contributed by atoms with van der Waals surface area (Å²) >= 11 is 6.04. The van der Waals surface area contributed by atoms with Gasteiger partial charge in [-0.25, -0.2) is 0 Å². The number of halogens is 1. The fourth-order valence-electron chi connectivity index (χ4n) is 2.09. The standard InChI is InChI=1S/C10H14ClN3O/c11-10-13-12-9(8-1-2-8)14(10)5-7-3-4-15-6-7/h7-8H,1-6H2. The molecule has 1 saturated carbocycles. The molecule has 5 heteroatoms. The lowest BCUT2D eigenvalue weighted by molar-refractivity contribution is 0.182. The van der Waals surface area contributed by atoms with Crippen molar-refractivity contribution in [3.05, 3.63) is 11.1 Å². The summed E-state index contributed by atoms with van der Waals surface area (Å²) in [4.78, 5) is 0. The maximum Gasteiger partial charge on any atom is 0.225 e. The normalized spacial score (nSPS) is 26.1. The van der Waals surface area contributed by atoms with Crippen LogP contribution in [0.5, 0.6) is 0 Å². The molecule has 0 bridgehead atoms. The van der Waals surface area contributed by atoms with Crippen LogP contribution in [-0.4, -0.2) is 28.0 Å². The molecule has 0 radical (unpaired) electrons. The largest absolute Gasteiger partial charge is 0.381 e. The van der Waals surface area contributed by atoms with Crippen LogP contribution in [0.1, 0.15) is 31.0 Å². The molecule has 3 rings (SSSR count). The molecule has 2 fully saturated rings. The molecule has 15 heavy (non-hydrogen) atoms. The molecule has 0 aromatic carbocycles. The van der Waals surface area contributed by atoms with Crippen molar-refractivity contribution < 1.29 is 4.74 Å². The first-order chi connectivity index (χ1) is 7.34. The topological polar surface area (TPSA) is 39.9 Å². The van der Waals surface area contributed by atoms with E-state index in [1.54, 1.807) is 0 Å². The van der Waals surface area contributed by atoms with Crippen molar-refractivity contribution in [2.45, 2.75) is 31.7 Å². The first-order valence-corrected chi connectivity index (χ1v) is 5.88. The Morgan fingerprint density at radius 2 is 2.20 bits per heavy atom. The van der Waals surface area contributed by atoms with Gasteiger partial charge in [0.25, 0.3) is 0 Å². The summed E-state index contributed by atoms with van der Waals surface area (Å²) in [5, 5.41) is 8.65. The fourth-order valence-corrected chi connectivity index (χ4v) is 2.29. The van der Waals surface area contributed by atoms with E-state index in [0.717, 1.165) is 32.0 Å². The van der Waals surface area contributed by atoms with Gasteiger partial charge >= 0.3 is 0 Å². The van der Waals surface area contributed by atoms with E-state index < -0.39 is 0 Å². The lowest BCUT2D eigenvalue weighted by Crippen LogP contribution is -2.13. The molecule has 4 nitrogen and oxygen atoms in total. The molecular weight excluding hydrogens is 214 g/mol. The highest BCUT2D eigenvalue weighted by atomic mass is 35.5. The second-order valence-corrected chi connectivity index (χ2v) is 4.78. The molecule has 1 atom stereocenters. The quantitative estimate of drug-likeness (QED) is 0.791. The minimum Gasteiger partial charge on any atom is -0.381 e. The van der Waals surface area contributed by atoms with E-state index in [-0.39, 0.29) is 0 Å². The lowest BCUT2D eigenvalue weighted by Gasteiger charge is -2.11. The molecule has 1 aromatic heterocycles. The van der Waals surface area contributed by atoms with Crippen LogP contribution >= 0.6 is 11.6 Å². The Balaban J connectivity index is 1.79. The molecule has 1 aliphatic carbocycles. The van der Waals surface area contributed by atoms with E-state index in [1.165, 1.54) is 12.8 Å². The zero-order valence-corrected chi connectivity index (χ0v) is 9.28. The van der Waals surface area contributed by atoms with E-state index in [9.17, 15) is 0 Å². The van der Waals surface area contributed by atoms with Crippen molar-refractivity contribution in [1.82, 2.24) is 14.8 Å². The van der Waals surface area contributed by atoms with Gasteiger partial charge < -0.3 is 9.30 Å². The smallest absolute Gasteiger partial charge is 0.225 e. The van der Waals surface area contributed by atoms with Gasteiger partial charge in [-0.2, -0.15) is 0 Å². The third-order valence-electron chi connectivity index (χ3n) is 3.14. The SMILES string of the molecule is Clc1nnc(C2CC2)n1CC1CCOC1. The van der Waals surface area contributed by atoms with Gasteiger partial charge in [0.05, 0.1) is 6.61 Å². The van der Waals surface area contributed by atoms with Crippen molar-refractivity contribution in [3.8, 4) is 0 Å². The van der Waals surface area contributed by atoms with Gasteiger partial charge in [0.15, 0.2) is 0 Å². The molecular formula is C10H14ClN3O. The Labute approximate surface area is 93.6 Å². The second-order valence-electron chi connectivity index (χ2n) is 4.44. The summed E-state index contributed by atoms with van der Waals surface area (Å²) in [7, 11) is 0. The third-order valence-corrected chi connectivity index (χ3v) is 3.42. The number of aromatic nitrogens is 3. The molecule has 0 spiro atoms. The maximum absolute atomic E-state index is 6.04. The van der Waals surface area contributed by atoms with E-state index in [2.05, 4.69) is 14.8 Å². The van der Waals surface area contributed by atoms with Gasteiger partial charge in [-0.3, -0.25) is 0 Å². The van der Waals surface area contributed by atoms with E-state index >= 15 is 0 Å². The first-order valence-electron chi connectivity index (χ1n) is 5.51. The molecule has 0 amide bonds. The lowest BCUT2D eigenvalue weighted by atomic mass is 10.1. The first kappa shape index (κ1) is 9.60. The monoisotopic (exact) mass is 227 g/mol. The Morgan fingerprint density at radius 1 is 1.33 bits per heavy atom. The maximum atomic E-state index is 6.04. The second kappa shape index (κ2) is 3.76. The number of hydrogen-bond acceptors (Lipinski definition) is 3. The van der Waals surface area contributed by atoms with Gasteiger partial charge in [0.2, 0.25) is 5.28 Å². The van der Waals surface area contributed by atoms with Gasteiger partial charge in [0, 0.05) is 25.0 Å². The average Bonchev–Trinajstić information content (AvgIpc) is 2.82. The number of nitrogens with zero attached hydrogens (tertiary/aromatic N) is 3. The van der Waals surface area contributed by atoms with Gasteiger partial charge in [-0.15, -0.1) is 10.2 Å². The molecule has 1 aliphatic heterocycles. The highest BCUT2D eigenvalue weighted by molar-refractivity contribution is 6.28. The van der Waals surface area contributed by atoms with Crippen LogP contribution in [0.4, 0.5) is 0 Å². The fraction of sp³-hybridized carbons (Fsp3) is 0.800. The summed E-state index contributed by atoms with van der Waals surface area (Å²) in [6, 6.07) is 0. The molecule has 2 heterocycles. The predicted molar refractivity (Wildman–Crippen MR) is 55.9 cm³/mol. The van der Waals surface area contributed by atoms with Crippen LogP contribution in [0.15, 0.2) is 0 Å². The van der Waals surface area contributed by atoms with Crippen LogP contribution in [0.3, 0.4) is 0 Å². The van der Waals surface area contributed by atoms with Crippen LogP contribution in [0.2, 0.25) is 5.28 Å². The molecule has 2 aliphatic rings. The minimum atomic E-state index is 0.531. The summed E-state index contributed by atoms with van der Waals surface area (Å²) in [5.41, 5.74) is 0. The van der Waals surface area contributed by atoms with Crippen LogP contribution in [0, 0.1) is 5.92 Å². The third kappa shape index (κ3) is 1.88. The van der Waals surface area contributed by atoms with Crippen LogP contribution in [-0.2, 0) is 11.3 Å². The average molecular weight is 228 g/mol. The van der Waals surface area contributed by atoms with Gasteiger partial charge in [-0.05, 0) is 30.9 Å². The van der Waals surface area contributed by atoms with E-state index in [4.69, 9.17) is 16.3 Å². The summed E-state index contributed by atoms with van der Waals surface area (Å²) in [6.45, 7) is 2.64. The van der Waals surface area contributed by atoms with Gasteiger partial charge in [-0.1, -0.05) is 0 Å². The highest BCUT2D eigenvalue weighted by Gasteiger charge is 2.31. The Kier molecular flexibility index (Phi) is 2.41. The van der Waals surface area contributed by atoms with Crippen LogP contribution < -0.4 is 0 Å². The van der Waals surface area contributed by atoms with Crippen molar-refractivity contribution in [1.29, 1.82) is 0 Å². The van der Waals surface area contributed by atoms with Crippen LogP contribution in [0.25, 0.3) is 0 Å². The predicted octanol–water partition coefficient (Wildman–Crippen LogP) is 1.85. The van der Waals surface area contributed by atoms with Gasteiger partial charge in [0.1, 0.15) is 5.82 Å². The molecule has 0 N–H and O–H groups in total. The summed E-state index contributed by atoms with van der Waals surface area (Å²) in [6.07, 6.45) is 3.59. The highest BCUT2D eigenvalue weighted by Crippen LogP contribution is 2.40.